The van der Waals surface area contributed by atoms with E-state index < -0.39 is 0 Å². The molecule has 2 rings (SSSR count). The maximum Gasteiger partial charge on any atom is 0.0610 e. The van der Waals surface area contributed by atoms with Crippen LogP contribution in [-0.4, -0.2) is 47.3 Å². The van der Waals surface area contributed by atoms with E-state index in [0.717, 1.165) is 12.5 Å². The summed E-state index contributed by atoms with van der Waals surface area (Å²) < 4.78 is 0. The zero-order chi connectivity index (χ0) is 14.4. The molecular weight excluding hydrogens is 248 g/mol. The van der Waals surface area contributed by atoms with Crippen molar-refractivity contribution >= 4 is 0 Å². The van der Waals surface area contributed by atoms with Gasteiger partial charge in [-0.25, -0.2) is 0 Å². The monoisotopic (exact) mass is 282 g/mol. The number of nitrogens with one attached hydrogen (secondary N) is 1. The van der Waals surface area contributed by atoms with E-state index in [9.17, 15) is 5.11 Å². The predicted octanol–water partition coefficient (Wildman–Crippen LogP) is 2.92. The van der Waals surface area contributed by atoms with Gasteiger partial charge in [0.05, 0.1) is 6.61 Å². The number of likely N-dealkylation sites (tertiary alicyclic amines) is 1. The van der Waals surface area contributed by atoms with Crippen LogP contribution in [0.4, 0.5) is 0 Å². The molecule has 0 aromatic rings. The summed E-state index contributed by atoms with van der Waals surface area (Å²) in [5.41, 5.74) is -0.0608. The second-order valence-corrected chi connectivity index (χ2v) is 7.19. The highest BCUT2D eigenvalue weighted by Gasteiger charge is 2.31. The fourth-order valence-corrected chi connectivity index (χ4v) is 3.58. The number of hydrogen-bond donors (Lipinski definition) is 2. The number of aliphatic hydroxyl groups is 1. The molecule has 20 heavy (non-hydrogen) atoms. The Kier molecular flexibility index (Phi) is 6.31. The molecule has 0 radical (unpaired) electrons. The maximum atomic E-state index is 9.67. The number of nitrogens with zero attached hydrogens (tertiary/aromatic N) is 1. The van der Waals surface area contributed by atoms with Crippen molar-refractivity contribution in [1.82, 2.24) is 10.2 Å². The molecule has 2 unspecified atom stereocenters. The molecule has 0 aromatic carbocycles. The number of hydrogen-bond acceptors (Lipinski definition) is 3. The molecule has 0 amide bonds. The molecule has 2 atom stereocenters. The third-order valence-electron chi connectivity index (χ3n) is 5.12. The third kappa shape index (κ3) is 5.01. The molecule has 2 fully saturated rings. The molecule has 3 heteroatoms. The average Bonchev–Trinajstić information content (AvgIpc) is 3.26. The van der Waals surface area contributed by atoms with Crippen LogP contribution in [0.3, 0.4) is 0 Å². The lowest BCUT2D eigenvalue weighted by molar-refractivity contribution is 0.144. The summed E-state index contributed by atoms with van der Waals surface area (Å²) in [6.45, 7) is 7.27. The van der Waals surface area contributed by atoms with Crippen LogP contribution in [0, 0.1) is 0 Å². The summed E-state index contributed by atoms with van der Waals surface area (Å²) in [5.74, 6) is 0. The molecule has 118 valence electrons. The van der Waals surface area contributed by atoms with Crippen LogP contribution in [0.15, 0.2) is 0 Å². The van der Waals surface area contributed by atoms with Gasteiger partial charge in [-0.15, -0.1) is 0 Å². The summed E-state index contributed by atoms with van der Waals surface area (Å²) >= 11 is 0. The third-order valence-corrected chi connectivity index (χ3v) is 5.12. The second-order valence-electron chi connectivity index (χ2n) is 7.19. The Balaban J connectivity index is 1.74. The van der Waals surface area contributed by atoms with Crippen molar-refractivity contribution in [1.29, 1.82) is 0 Å². The summed E-state index contributed by atoms with van der Waals surface area (Å²) in [6.07, 6.45) is 11.7. The summed E-state index contributed by atoms with van der Waals surface area (Å²) in [7, 11) is 0. The lowest BCUT2D eigenvalue weighted by Gasteiger charge is -2.32. The Hall–Kier alpha value is -0.120. The largest absolute Gasteiger partial charge is 0.394 e. The zero-order valence-corrected chi connectivity index (χ0v) is 13.5. The van der Waals surface area contributed by atoms with Crippen LogP contribution in [0.5, 0.6) is 0 Å². The fourth-order valence-electron chi connectivity index (χ4n) is 3.58. The average molecular weight is 282 g/mol. The van der Waals surface area contributed by atoms with Crippen LogP contribution in [0.2, 0.25) is 0 Å². The topological polar surface area (TPSA) is 35.5 Å². The first-order valence-electron chi connectivity index (χ1n) is 8.79. The van der Waals surface area contributed by atoms with Crippen molar-refractivity contribution in [2.45, 2.75) is 89.3 Å². The van der Waals surface area contributed by atoms with Crippen molar-refractivity contribution in [3.8, 4) is 0 Å². The van der Waals surface area contributed by atoms with Gasteiger partial charge in [0.15, 0.2) is 0 Å². The van der Waals surface area contributed by atoms with E-state index in [-0.39, 0.29) is 12.1 Å². The molecule has 0 aromatic heterocycles. The molecule has 0 spiro atoms. The van der Waals surface area contributed by atoms with E-state index in [1.165, 1.54) is 64.5 Å². The van der Waals surface area contributed by atoms with Gasteiger partial charge >= 0.3 is 0 Å². The van der Waals surface area contributed by atoms with Gasteiger partial charge in [-0.05, 0) is 65.0 Å². The Morgan fingerprint density at radius 3 is 2.65 bits per heavy atom. The van der Waals surface area contributed by atoms with Gasteiger partial charge in [0.2, 0.25) is 0 Å². The first kappa shape index (κ1) is 16.3. The van der Waals surface area contributed by atoms with Crippen LogP contribution in [-0.2, 0) is 0 Å². The highest BCUT2D eigenvalue weighted by molar-refractivity contribution is 4.92. The van der Waals surface area contributed by atoms with E-state index in [4.69, 9.17) is 0 Å². The fraction of sp³-hybridized carbons (Fsp3) is 1.00. The molecule has 2 N–H and O–H groups in total. The van der Waals surface area contributed by atoms with Gasteiger partial charge < -0.3 is 15.3 Å². The number of aliphatic hydroxyl groups excluding tert-OH is 1. The molecular formula is C17H34N2O. The van der Waals surface area contributed by atoms with Crippen molar-refractivity contribution in [3.63, 3.8) is 0 Å². The lowest BCUT2D eigenvalue weighted by Crippen LogP contribution is -2.47. The van der Waals surface area contributed by atoms with Crippen LogP contribution < -0.4 is 5.32 Å². The Morgan fingerprint density at radius 2 is 2.00 bits per heavy atom. The standard InChI is InChI=1S/C17H34N2O/c1-3-16-8-5-4-6-12-19(16)13-7-11-17(2,14-20)18-15-9-10-15/h15-16,18,20H,3-14H2,1-2H3. The predicted molar refractivity (Wildman–Crippen MR) is 85.0 cm³/mol. The van der Waals surface area contributed by atoms with Crippen LogP contribution >= 0.6 is 0 Å². The van der Waals surface area contributed by atoms with E-state index in [1.807, 2.05) is 0 Å². The van der Waals surface area contributed by atoms with Crippen molar-refractivity contribution in [3.05, 3.63) is 0 Å². The van der Waals surface area contributed by atoms with Gasteiger partial charge in [0.25, 0.3) is 0 Å². The van der Waals surface area contributed by atoms with Gasteiger partial charge in [-0.1, -0.05) is 19.8 Å². The first-order valence-corrected chi connectivity index (χ1v) is 8.79. The second kappa shape index (κ2) is 7.77. The molecule has 1 heterocycles. The normalized spacial score (nSPS) is 28.1. The Morgan fingerprint density at radius 1 is 1.20 bits per heavy atom. The van der Waals surface area contributed by atoms with Gasteiger partial charge in [0.1, 0.15) is 0 Å². The minimum Gasteiger partial charge on any atom is -0.394 e. The first-order chi connectivity index (χ1) is 9.67. The van der Waals surface area contributed by atoms with Gasteiger partial charge in [-0.2, -0.15) is 0 Å². The van der Waals surface area contributed by atoms with Gasteiger partial charge in [-0.3, -0.25) is 0 Å². The highest BCUT2D eigenvalue weighted by Crippen LogP contribution is 2.25. The van der Waals surface area contributed by atoms with Crippen LogP contribution in [0.25, 0.3) is 0 Å². The van der Waals surface area contributed by atoms with Crippen LogP contribution in [0.1, 0.15) is 71.6 Å². The van der Waals surface area contributed by atoms with E-state index in [0.29, 0.717) is 6.04 Å². The lowest BCUT2D eigenvalue weighted by atomic mass is 9.96. The molecule has 3 nitrogen and oxygen atoms in total. The molecule has 1 saturated carbocycles. The van der Waals surface area contributed by atoms with E-state index in [2.05, 4.69) is 24.1 Å². The Labute approximate surface area is 125 Å². The van der Waals surface area contributed by atoms with Crippen molar-refractivity contribution in [2.75, 3.05) is 19.7 Å². The van der Waals surface area contributed by atoms with E-state index in [1.54, 1.807) is 0 Å². The maximum absolute atomic E-state index is 9.67. The van der Waals surface area contributed by atoms with Crippen molar-refractivity contribution in [2.24, 2.45) is 0 Å². The highest BCUT2D eigenvalue weighted by atomic mass is 16.3. The summed E-state index contributed by atoms with van der Waals surface area (Å²) in [5, 5.41) is 13.3. The minimum absolute atomic E-state index is 0.0608. The summed E-state index contributed by atoms with van der Waals surface area (Å²) in [4.78, 5) is 2.71. The SMILES string of the molecule is CCC1CCCCCN1CCCC(C)(CO)NC1CC1. The molecule has 1 aliphatic heterocycles. The minimum atomic E-state index is -0.0608. The summed E-state index contributed by atoms with van der Waals surface area (Å²) in [6, 6.07) is 1.48. The zero-order valence-electron chi connectivity index (χ0n) is 13.5. The van der Waals surface area contributed by atoms with E-state index >= 15 is 0 Å². The van der Waals surface area contributed by atoms with Crippen molar-refractivity contribution < 1.29 is 5.11 Å². The quantitative estimate of drug-likeness (QED) is 0.718. The molecule has 2 aliphatic rings. The molecule has 0 bridgehead atoms. The molecule has 1 saturated heterocycles. The smallest absolute Gasteiger partial charge is 0.0610 e. The Bertz CT molecular complexity index is 280. The molecule has 1 aliphatic carbocycles. The number of rotatable bonds is 8. The van der Waals surface area contributed by atoms with Gasteiger partial charge in [0, 0.05) is 17.6 Å².